The molecule has 6 nitrogen and oxygen atoms in total. The highest BCUT2D eigenvalue weighted by molar-refractivity contribution is 7.89. The smallest absolute Gasteiger partial charge is 0.238 e. The molecule has 0 aliphatic rings. The van der Waals surface area contributed by atoms with Crippen molar-refractivity contribution < 1.29 is 8.42 Å². The number of benzene rings is 1. The van der Waals surface area contributed by atoms with E-state index in [2.05, 4.69) is 17.2 Å². The van der Waals surface area contributed by atoms with Crippen molar-refractivity contribution in [3.8, 4) is 0 Å². The van der Waals surface area contributed by atoms with Crippen LogP contribution in [-0.2, 0) is 16.6 Å². The molecule has 5 N–H and O–H groups in total. The van der Waals surface area contributed by atoms with Crippen LogP contribution in [-0.4, -0.2) is 20.4 Å². The Balaban J connectivity index is 2.66. The maximum Gasteiger partial charge on any atom is 0.238 e. The number of primary sulfonamides is 1. The van der Waals surface area contributed by atoms with Crippen LogP contribution >= 0.6 is 0 Å². The van der Waals surface area contributed by atoms with Crippen molar-refractivity contribution in [1.29, 1.82) is 0 Å². The number of sulfonamides is 1. The Morgan fingerprint density at radius 2 is 1.95 bits per heavy atom. The van der Waals surface area contributed by atoms with E-state index in [4.69, 9.17) is 10.9 Å². The first-order chi connectivity index (χ1) is 8.82. The Labute approximate surface area is 114 Å². The predicted molar refractivity (Wildman–Crippen MR) is 76.0 cm³/mol. The number of nitrogens with one attached hydrogen (secondary N) is 1. The van der Waals surface area contributed by atoms with E-state index in [1.165, 1.54) is 12.1 Å². The van der Waals surface area contributed by atoms with Gasteiger partial charge in [0.1, 0.15) is 0 Å². The zero-order chi connectivity index (χ0) is 14.5. The van der Waals surface area contributed by atoms with Crippen LogP contribution in [0.4, 0.5) is 0 Å². The molecule has 0 amide bonds. The summed E-state index contributed by atoms with van der Waals surface area (Å²) in [5.41, 5.74) is 6.58. The van der Waals surface area contributed by atoms with E-state index in [0.29, 0.717) is 12.5 Å². The first-order valence-corrected chi connectivity index (χ1v) is 7.55. The van der Waals surface area contributed by atoms with Crippen LogP contribution in [0.2, 0.25) is 0 Å². The minimum absolute atomic E-state index is 0.0888. The third kappa shape index (κ3) is 5.27. The molecule has 0 aromatic heterocycles. The van der Waals surface area contributed by atoms with Gasteiger partial charge in [0.15, 0.2) is 5.96 Å². The number of hydrogen-bond acceptors (Lipinski definition) is 3. The van der Waals surface area contributed by atoms with Crippen molar-refractivity contribution in [2.45, 2.75) is 37.8 Å². The zero-order valence-corrected chi connectivity index (χ0v) is 11.9. The summed E-state index contributed by atoms with van der Waals surface area (Å²) in [6, 6.07) is 6.52. The second kappa shape index (κ2) is 6.53. The van der Waals surface area contributed by atoms with Gasteiger partial charge in [0.25, 0.3) is 0 Å². The Morgan fingerprint density at radius 3 is 2.42 bits per heavy atom. The highest BCUT2D eigenvalue weighted by Crippen LogP contribution is 2.09. The van der Waals surface area contributed by atoms with Gasteiger partial charge in [-0.05, 0) is 31.0 Å². The van der Waals surface area contributed by atoms with Crippen LogP contribution in [0, 0.1) is 0 Å². The third-order valence-electron chi connectivity index (χ3n) is 2.69. The lowest BCUT2D eigenvalue weighted by Crippen LogP contribution is -2.38. The fourth-order valence-electron chi connectivity index (χ4n) is 1.36. The number of nitrogens with zero attached hydrogens (tertiary/aromatic N) is 1. The van der Waals surface area contributed by atoms with Gasteiger partial charge in [-0.25, -0.2) is 18.5 Å². The molecule has 0 saturated heterocycles. The summed E-state index contributed by atoms with van der Waals surface area (Å²) in [6.07, 6.45) is 0.958. The number of aliphatic imine (C=N–C) groups is 1. The van der Waals surface area contributed by atoms with Gasteiger partial charge < -0.3 is 11.1 Å². The van der Waals surface area contributed by atoms with Crippen molar-refractivity contribution in [1.82, 2.24) is 5.32 Å². The summed E-state index contributed by atoms with van der Waals surface area (Å²) in [4.78, 5) is 4.27. The van der Waals surface area contributed by atoms with E-state index in [9.17, 15) is 8.42 Å². The molecule has 1 aromatic rings. The number of guanidine groups is 1. The summed E-state index contributed by atoms with van der Waals surface area (Å²) >= 11 is 0. The van der Waals surface area contributed by atoms with Crippen LogP contribution in [0.15, 0.2) is 34.2 Å². The molecule has 0 bridgehead atoms. The molecule has 0 fully saturated rings. The van der Waals surface area contributed by atoms with Crippen LogP contribution in [0.1, 0.15) is 25.8 Å². The Hall–Kier alpha value is -1.60. The second-order valence-electron chi connectivity index (χ2n) is 4.34. The quantitative estimate of drug-likeness (QED) is 0.541. The minimum Gasteiger partial charge on any atom is -0.370 e. The zero-order valence-electron chi connectivity index (χ0n) is 11.1. The Bertz CT molecular complexity index is 537. The second-order valence-corrected chi connectivity index (χ2v) is 5.91. The number of nitrogens with two attached hydrogens (primary N) is 2. The summed E-state index contributed by atoms with van der Waals surface area (Å²) in [6.45, 7) is 4.46. The van der Waals surface area contributed by atoms with Gasteiger partial charge in [0.2, 0.25) is 10.0 Å². The van der Waals surface area contributed by atoms with E-state index < -0.39 is 10.0 Å². The van der Waals surface area contributed by atoms with Crippen molar-refractivity contribution in [2.24, 2.45) is 15.9 Å². The van der Waals surface area contributed by atoms with E-state index in [1.807, 2.05) is 6.92 Å². The van der Waals surface area contributed by atoms with Crippen molar-refractivity contribution in [3.05, 3.63) is 29.8 Å². The Morgan fingerprint density at radius 1 is 1.37 bits per heavy atom. The molecule has 7 heteroatoms. The van der Waals surface area contributed by atoms with Crippen molar-refractivity contribution in [3.63, 3.8) is 0 Å². The summed E-state index contributed by atoms with van der Waals surface area (Å²) < 4.78 is 22.2. The molecule has 0 spiro atoms. The van der Waals surface area contributed by atoms with Gasteiger partial charge in [-0.15, -0.1) is 0 Å². The van der Waals surface area contributed by atoms with Gasteiger partial charge in [-0.3, -0.25) is 0 Å². The summed E-state index contributed by atoms with van der Waals surface area (Å²) in [5, 5.41) is 8.06. The summed E-state index contributed by atoms with van der Waals surface area (Å²) in [7, 11) is -3.64. The molecule has 19 heavy (non-hydrogen) atoms. The molecule has 1 atom stereocenters. The van der Waals surface area contributed by atoms with E-state index >= 15 is 0 Å². The molecule has 1 unspecified atom stereocenters. The maximum absolute atomic E-state index is 11.1. The molecular weight excluding hydrogens is 264 g/mol. The maximum atomic E-state index is 11.1. The van der Waals surface area contributed by atoms with E-state index in [0.717, 1.165) is 12.0 Å². The monoisotopic (exact) mass is 284 g/mol. The molecule has 0 saturated carbocycles. The van der Waals surface area contributed by atoms with Crippen LogP contribution in [0.25, 0.3) is 0 Å². The van der Waals surface area contributed by atoms with Crippen LogP contribution in [0.5, 0.6) is 0 Å². The molecular formula is C12H20N4O2S. The van der Waals surface area contributed by atoms with E-state index in [1.54, 1.807) is 12.1 Å². The van der Waals surface area contributed by atoms with Gasteiger partial charge in [-0.2, -0.15) is 0 Å². The van der Waals surface area contributed by atoms with Crippen molar-refractivity contribution >= 4 is 16.0 Å². The van der Waals surface area contributed by atoms with Crippen LogP contribution in [0.3, 0.4) is 0 Å². The standard InChI is InChI=1S/C12H20N4O2S/c1-3-9(2)16-12(13)15-8-10-4-6-11(7-5-10)19(14,17)18/h4-7,9H,3,8H2,1-2H3,(H3,13,15,16)(H2,14,17,18). The first kappa shape index (κ1) is 15.5. The normalized spacial score (nSPS) is 14.2. The SMILES string of the molecule is CCC(C)NC(N)=NCc1ccc(S(N)(=O)=O)cc1. The lowest BCUT2D eigenvalue weighted by Gasteiger charge is -2.11. The number of rotatable bonds is 5. The van der Waals surface area contributed by atoms with Gasteiger partial charge >= 0.3 is 0 Å². The lowest BCUT2D eigenvalue weighted by atomic mass is 10.2. The number of hydrogen-bond donors (Lipinski definition) is 3. The molecule has 1 rings (SSSR count). The van der Waals surface area contributed by atoms with Gasteiger partial charge in [-0.1, -0.05) is 19.1 Å². The fraction of sp³-hybridized carbons (Fsp3) is 0.417. The summed E-state index contributed by atoms with van der Waals surface area (Å²) in [5.74, 6) is 0.380. The van der Waals surface area contributed by atoms with Gasteiger partial charge in [0, 0.05) is 6.04 Å². The first-order valence-electron chi connectivity index (χ1n) is 6.01. The highest BCUT2D eigenvalue weighted by Gasteiger charge is 2.06. The fourth-order valence-corrected chi connectivity index (χ4v) is 1.88. The largest absolute Gasteiger partial charge is 0.370 e. The highest BCUT2D eigenvalue weighted by atomic mass is 32.2. The predicted octanol–water partition coefficient (Wildman–Crippen LogP) is 0.537. The average Bonchev–Trinajstić information content (AvgIpc) is 2.35. The molecule has 1 aromatic carbocycles. The van der Waals surface area contributed by atoms with Crippen LogP contribution < -0.4 is 16.2 Å². The minimum atomic E-state index is -3.64. The van der Waals surface area contributed by atoms with E-state index in [-0.39, 0.29) is 10.9 Å². The topological polar surface area (TPSA) is 111 Å². The third-order valence-corrected chi connectivity index (χ3v) is 3.62. The van der Waals surface area contributed by atoms with Gasteiger partial charge in [0.05, 0.1) is 11.4 Å². The average molecular weight is 284 g/mol. The Kier molecular flexibility index (Phi) is 5.31. The molecule has 0 aliphatic heterocycles. The lowest BCUT2D eigenvalue weighted by molar-refractivity contribution is 0.597. The molecule has 0 radical (unpaired) electrons. The van der Waals surface area contributed by atoms with Crippen molar-refractivity contribution in [2.75, 3.05) is 0 Å². The molecule has 0 aliphatic carbocycles. The molecule has 106 valence electrons. The molecule has 0 heterocycles.